The fourth-order valence-corrected chi connectivity index (χ4v) is 2.97. The van der Waals surface area contributed by atoms with Gasteiger partial charge in [0.1, 0.15) is 0 Å². The Bertz CT molecular complexity index is 723. The van der Waals surface area contributed by atoms with Crippen LogP contribution in [0.25, 0.3) is 10.8 Å². The molecule has 108 valence electrons. The third-order valence-corrected chi connectivity index (χ3v) is 4.19. The quantitative estimate of drug-likeness (QED) is 0.880. The zero-order valence-corrected chi connectivity index (χ0v) is 11.9. The van der Waals surface area contributed by atoms with Crippen molar-refractivity contribution in [1.29, 1.82) is 0 Å². The van der Waals surface area contributed by atoms with E-state index in [9.17, 15) is 9.59 Å². The Morgan fingerprint density at radius 2 is 1.71 bits per heavy atom. The molecule has 0 spiro atoms. The predicted octanol–water partition coefficient (Wildman–Crippen LogP) is 2.81. The maximum Gasteiger partial charge on any atom is 0.335 e. The van der Waals surface area contributed by atoms with Gasteiger partial charge in [-0.3, -0.25) is 9.69 Å². The van der Waals surface area contributed by atoms with Crippen LogP contribution in [0.1, 0.15) is 33.6 Å². The summed E-state index contributed by atoms with van der Waals surface area (Å²) in [6, 6.07) is 10.4. The summed E-state index contributed by atoms with van der Waals surface area (Å²) in [6.07, 6.45) is 1.97. The van der Waals surface area contributed by atoms with E-state index in [1.54, 1.807) is 24.3 Å². The van der Waals surface area contributed by atoms with E-state index >= 15 is 0 Å². The molecule has 3 rings (SSSR count). The third-order valence-electron chi connectivity index (χ3n) is 4.19. The van der Waals surface area contributed by atoms with Gasteiger partial charge >= 0.3 is 5.97 Å². The zero-order chi connectivity index (χ0) is 15.0. The molecule has 4 nitrogen and oxygen atoms in total. The number of ketones is 1. The van der Waals surface area contributed by atoms with Crippen molar-refractivity contribution in [2.24, 2.45) is 0 Å². The smallest absolute Gasteiger partial charge is 0.335 e. The van der Waals surface area contributed by atoms with Crippen LogP contribution in [0.3, 0.4) is 0 Å². The summed E-state index contributed by atoms with van der Waals surface area (Å²) < 4.78 is 0. The number of carboxylic acid groups (broad SMARTS) is 1. The van der Waals surface area contributed by atoms with Gasteiger partial charge in [0.2, 0.25) is 0 Å². The minimum Gasteiger partial charge on any atom is -0.478 e. The van der Waals surface area contributed by atoms with Gasteiger partial charge in [-0.25, -0.2) is 4.79 Å². The van der Waals surface area contributed by atoms with E-state index in [-0.39, 0.29) is 17.4 Å². The summed E-state index contributed by atoms with van der Waals surface area (Å²) in [5.41, 5.74) is 0.960. The first-order valence-electron chi connectivity index (χ1n) is 7.08. The van der Waals surface area contributed by atoms with Gasteiger partial charge in [-0.1, -0.05) is 18.2 Å². The first kappa shape index (κ1) is 13.8. The minimum atomic E-state index is -0.940. The zero-order valence-electron chi connectivity index (χ0n) is 11.9. The number of nitrogens with zero attached hydrogens (tertiary/aromatic N) is 1. The Balaban J connectivity index is 1.96. The summed E-state index contributed by atoms with van der Waals surface area (Å²) >= 11 is 0. The van der Waals surface area contributed by atoms with Crippen LogP contribution in [0.2, 0.25) is 0 Å². The van der Waals surface area contributed by atoms with E-state index in [1.165, 1.54) is 0 Å². The second-order valence-electron chi connectivity index (χ2n) is 5.58. The highest BCUT2D eigenvalue weighted by atomic mass is 16.4. The molecule has 1 saturated heterocycles. The van der Waals surface area contributed by atoms with E-state index in [0.29, 0.717) is 5.56 Å². The van der Waals surface area contributed by atoms with Gasteiger partial charge in [0.25, 0.3) is 0 Å². The predicted molar refractivity (Wildman–Crippen MR) is 80.9 cm³/mol. The normalized spacial score (nSPS) is 19.0. The number of aromatic carboxylic acids is 1. The first-order valence-corrected chi connectivity index (χ1v) is 7.08. The van der Waals surface area contributed by atoms with Gasteiger partial charge in [-0.15, -0.1) is 0 Å². The molecule has 0 bridgehead atoms. The fourth-order valence-electron chi connectivity index (χ4n) is 2.97. The SMILES string of the molecule is CN1CCCC1C(=O)c1ccc2cc(C(=O)O)ccc2c1. The molecule has 1 heterocycles. The number of benzene rings is 2. The van der Waals surface area contributed by atoms with Crippen molar-refractivity contribution in [2.75, 3.05) is 13.6 Å². The average molecular weight is 283 g/mol. The minimum absolute atomic E-state index is 0.0271. The molecular formula is C17H17NO3. The van der Waals surface area contributed by atoms with Crippen LogP contribution in [0, 0.1) is 0 Å². The summed E-state index contributed by atoms with van der Waals surface area (Å²) in [5.74, 6) is -0.788. The van der Waals surface area contributed by atoms with Gasteiger partial charge < -0.3 is 5.11 Å². The van der Waals surface area contributed by atoms with Crippen LogP contribution < -0.4 is 0 Å². The molecule has 1 fully saturated rings. The molecule has 1 unspecified atom stereocenters. The standard InChI is InChI=1S/C17H17NO3/c1-18-8-2-3-15(18)16(19)13-6-4-12-10-14(17(20)21)7-5-11(12)9-13/h4-7,9-10,15H,2-3,8H2,1H3,(H,20,21). The monoisotopic (exact) mass is 283 g/mol. The summed E-state index contributed by atoms with van der Waals surface area (Å²) in [5, 5.41) is 10.7. The molecule has 1 aliphatic rings. The molecule has 0 amide bonds. The van der Waals surface area contributed by atoms with E-state index in [2.05, 4.69) is 4.90 Å². The number of carbonyl (C=O) groups excluding carboxylic acids is 1. The Kier molecular flexibility index (Phi) is 3.47. The molecule has 1 aliphatic heterocycles. The Labute approximate surface area is 123 Å². The number of hydrogen-bond acceptors (Lipinski definition) is 3. The molecule has 1 N–H and O–H groups in total. The lowest BCUT2D eigenvalue weighted by atomic mass is 9.98. The van der Waals surface area contributed by atoms with Gasteiger partial charge in [0, 0.05) is 5.56 Å². The lowest BCUT2D eigenvalue weighted by molar-refractivity contribution is 0.0696. The van der Waals surface area contributed by atoms with Crippen LogP contribution in [-0.2, 0) is 0 Å². The molecule has 21 heavy (non-hydrogen) atoms. The fraction of sp³-hybridized carbons (Fsp3) is 0.294. The largest absolute Gasteiger partial charge is 0.478 e. The van der Waals surface area contributed by atoms with Crippen LogP contribution in [-0.4, -0.2) is 41.4 Å². The molecule has 0 aliphatic carbocycles. The first-order chi connectivity index (χ1) is 10.1. The van der Waals surface area contributed by atoms with Crippen LogP contribution in [0.5, 0.6) is 0 Å². The second kappa shape index (κ2) is 5.30. The summed E-state index contributed by atoms with van der Waals surface area (Å²) in [7, 11) is 1.98. The van der Waals surface area contributed by atoms with Gasteiger partial charge in [0.15, 0.2) is 5.78 Å². The topological polar surface area (TPSA) is 57.6 Å². The van der Waals surface area contributed by atoms with Gasteiger partial charge in [-0.2, -0.15) is 0 Å². The molecule has 0 aromatic heterocycles. The molecule has 2 aromatic rings. The maximum atomic E-state index is 12.5. The van der Waals surface area contributed by atoms with E-state index < -0.39 is 5.97 Å². The number of carboxylic acids is 1. The summed E-state index contributed by atoms with van der Waals surface area (Å²) in [6.45, 7) is 0.964. The highest BCUT2D eigenvalue weighted by Gasteiger charge is 2.28. The van der Waals surface area contributed by atoms with Crippen molar-refractivity contribution >= 4 is 22.5 Å². The Morgan fingerprint density at radius 1 is 1.10 bits per heavy atom. The summed E-state index contributed by atoms with van der Waals surface area (Å²) in [4.78, 5) is 25.6. The van der Waals surface area contributed by atoms with Crippen molar-refractivity contribution in [3.8, 4) is 0 Å². The highest BCUT2D eigenvalue weighted by Crippen LogP contribution is 2.23. The Morgan fingerprint density at radius 3 is 2.29 bits per heavy atom. The van der Waals surface area contributed by atoms with E-state index in [4.69, 9.17) is 5.11 Å². The third kappa shape index (κ3) is 2.54. The lowest BCUT2D eigenvalue weighted by Gasteiger charge is -2.18. The van der Waals surface area contributed by atoms with Gasteiger partial charge in [-0.05, 0) is 55.4 Å². The van der Waals surface area contributed by atoms with Crippen LogP contribution >= 0.6 is 0 Å². The van der Waals surface area contributed by atoms with Crippen molar-refractivity contribution in [3.05, 3.63) is 47.5 Å². The van der Waals surface area contributed by atoms with Gasteiger partial charge in [0.05, 0.1) is 11.6 Å². The van der Waals surface area contributed by atoms with Crippen molar-refractivity contribution in [1.82, 2.24) is 4.90 Å². The Hall–Kier alpha value is -2.20. The number of likely N-dealkylation sites (N-methyl/N-ethyl adjacent to an activating group) is 1. The molecule has 0 radical (unpaired) electrons. The number of Topliss-reactive ketones (excluding diaryl/α,β-unsaturated/α-hetero) is 1. The van der Waals surface area contributed by atoms with Crippen LogP contribution in [0.15, 0.2) is 36.4 Å². The molecule has 4 heteroatoms. The van der Waals surface area contributed by atoms with Crippen molar-refractivity contribution in [2.45, 2.75) is 18.9 Å². The lowest BCUT2D eigenvalue weighted by Crippen LogP contribution is -2.32. The van der Waals surface area contributed by atoms with E-state index in [0.717, 1.165) is 30.2 Å². The number of likely N-dealkylation sites (tertiary alicyclic amines) is 1. The van der Waals surface area contributed by atoms with Crippen molar-refractivity contribution in [3.63, 3.8) is 0 Å². The second-order valence-corrected chi connectivity index (χ2v) is 5.58. The molecular weight excluding hydrogens is 266 g/mol. The number of carbonyl (C=O) groups is 2. The van der Waals surface area contributed by atoms with Crippen molar-refractivity contribution < 1.29 is 14.7 Å². The number of hydrogen-bond donors (Lipinski definition) is 1. The van der Waals surface area contributed by atoms with E-state index in [1.807, 2.05) is 19.2 Å². The number of rotatable bonds is 3. The highest BCUT2D eigenvalue weighted by molar-refractivity contribution is 6.04. The molecule has 2 aromatic carbocycles. The van der Waals surface area contributed by atoms with Crippen LogP contribution in [0.4, 0.5) is 0 Å². The molecule has 0 saturated carbocycles. The number of fused-ring (bicyclic) bond motifs is 1. The maximum absolute atomic E-state index is 12.5. The molecule has 1 atom stereocenters. The average Bonchev–Trinajstić information content (AvgIpc) is 2.91.